The average molecular weight is 330 g/mol. The van der Waals surface area contributed by atoms with Crippen LogP contribution in [-0.4, -0.2) is 48.4 Å². The fraction of sp³-hybridized carbons (Fsp3) is 0.579. The molecule has 1 atom stereocenters. The molecule has 5 nitrogen and oxygen atoms in total. The number of likely N-dealkylation sites (tertiary alicyclic amines) is 2. The summed E-state index contributed by atoms with van der Waals surface area (Å²) in [6.07, 6.45) is 5.74. The number of carbonyl (C=O) groups is 2. The zero-order valence-electron chi connectivity index (χ0n) is 14.4. The molecule has 3 rings (SSSR count). The van der Waals surface area contributed by atoms with Crippen molar-refractivity contribution in [3.63, 3.8) is 0 Å². The van der Waals surface area contributed by atoms with Crippen LogP contribution in [0.15, 0.2) is 24.3 Å². The minimum absolute atomic E-state index is 0.0768. The Morgan fingerprint density at radius 2 is 1.92 bits per heavy atom. The topological polar surface area (TPSA) is 49.9 Å². The fourth-order valence-corrected chi connectivity index (χ4v) is 3.70. The van der Waals surface area contributed by atoms with Gasteiger partial charge in [0.1, 0.15) is 5.75 Å². The van der Waals surface area contributed by atoms with E-state index in [0.717, 1.165) is 50.0 Å². The molecular weight excluding hydrogens is 304 g/mol. The van der Waals surface area contributed by atoms with E-state index >= 15 is 0 Å². The van der Waals surface area contributed by atoms with Crippen molar-refractivity contribution in [2.45, 2.75) is 44.6 Å². The highest BCUT2D eigenvalue weighted by molar-refractivity contribution is 5.86. The van der Waals surface area contributed by atoms with Crippen molar-refractivity contribution in [1.82, 2.24) is 9.80 Å². The van der Waals surface area contributed by atoms with Crippen molar-refractivity contribution in [3.8, 4) is 5.75 Å². The number of nitrogens with zero attached hydrogens (tertiary/aromatic N) is 2. The maximum atomic E-state index is 12.9. The van der Waals surface area contributed by atoms with E-state index in [2.05, 4.69) is 12.1 Å². The standard InChI is InChI=1S/C19H26N2O3/c1-24-16-10-8-15(9-11-16)17-6-3-2-4-13-21(17)19(23)14-20-12-5-7-18(20)22/h8-11,17H,2-7,12-14H2,1H3. The van der Waals surface area contributed by atoms with E-state index in [1.54, 1.807) is 12.0 Å². The molecule has 0 aromatic heterocycles. The molecule has 5 heteroatoms. The van der Waals surface area contributed by atoms with Gasteiger partial charge in [0.05, 0.1) is 19.7 Å². The summed E-state index contributed by atoms with van der Waals surface area (Å²) in [5.74, 6) is 1.01. The van der Waals surface area contributed by atoms with Gasteiger partial charge >= 0.3 is 0 Å². The molecule has 1 unspecified atom stereocenters. The normalized spacial score (nSPS) is 21.7. The third-order valence-electron chi connectivity index (χ3n) is 5.07. The van der Waals surface area contributed by atoms with E-state index in [1.807, 2.05) is 17.0 Å². The highest BCUT2D eigenvalue weighted by atomic mass is 16.5. The Morgan fingerprint density at radius 3 is 2.58 bits per heavy atom. The summed E-state index contributed by atoms with van der Waals surface area (Å²) < 4.78 is 5.23. The first-order chi connectivity index (χ1) is 11.7. The molecule has 0 spiro atoms. The molecule has 0 saturated carbocycles. The molecule has 0 aliphatic carbocycles. The first kappa shape index (κ1) is 16.8. The van der Waals surface area contributed by atoms with Gasteiger partial charge in [-0.1, -0.05) is 25.0 Å². The molecule has 2 heterocycles. The number of hydrogen-bond donors (Lipinski definition) is 0. The third-order valence-corrected chi connectivity index (χ3v) is 5.07. The van der Waals surface area contributed by atoms with Gasteiger partial charge in [0.25, 0.3) is 0 Å². The van der Waals surface area contributed by atoms with Crippen LogP contribution in [0.4, 0.5) is 0 Å². The van der Waals surface area contributed by atoms with Gasteiger partial charge in [-0.25, -0.2) is 0 Å². The Labute approximate surface area is 143 Å². The maximum Gasteiger partial charge on any atom is 0.242 e. The van der Waals surface area contributed by atoms with Crippen molar-refractivity contribution < 1.29 is 14.3 Å². The van der Waals surface area contributed by atoms with Crippen LogP contribution in [0.5, 0.6) is 5.75 Å². The molecule has 2 fully saturated rings. The van der Waals surface area contributed by atoms with Gasteiger partial charge in [0.2, 0.25) is 11.8 Å². The molecule has 130 valence electrons. The van der Waals surface area contributed by atoms with E-state index in [9.17, 15) is 9.59 Å². The lowest BCUT2D eigenvalue weighted by molar-refractivity contribution is -0.140. The minimum atomic E-state index is 0.0768. The Balaban J connectivity index is 1.76. The minimum Gasteiger partial charge on any atom is -0.497 e. The highest BCUT2D eigenvalue weighted by Crippen LogP contribution is 2.31. The largest absolute Gasteiger partial charge is 0.497 e. The van der Waals surface area contributed by atoms with Crippen molar-refractivity contribution in [1.29, 1.82) is 0 Å². The molecule has 2 aliphatic heterocycles. The Bertz CT molecular complexity index is 585. The van der Waals surface area contributed by atoms with Gasteiger partial charge in [-0.3, -0.25) is 9.59 Å². The van der Waals surface area contributed by atoms with Crippen LogP contribution in [-0.2, 0) is 9.59 Å². The molecule has 2 aliphatic rings. The summed E-state index contributed by atoms with van der Waals surface area (Å²) in [4.78, 5) is 28.4. The number of ether oxygens (including phenoxy) is 1. The van der Waals surface area contributed by atoms with E-state index in [4.69, 9.17) is 4.74 Å². The second-order valence-electron chi connectivity index (χ2n) is 6.64. The SMILES string of the molecule is COc1ccc(C2CCCCCN2C(=O)CN2CCCC2=O)cc1. The highest BCUT2D eigenvalue weighted by Gasteiger charge is 2.30. The molecule has 1 aromatic carbocycles. The zero-order valence-corrected chi connectivity index (χ0v) is 14.4. The number of amides is 2. The van der Waals surface area contributed by atoms with Gasteiger partial charge in [0, 0.05) is 19.5 Å². The lowest BCUT2D eigenvalue weighted by atomic mass is 10.0. The van der Waals surface area contributed by atoms with Crippen molar-refractivity contribution in [2.75, 3.05) is 26.7 Å². The van der Waals surface area contributed by atoms with Gasteiger partial charge in [0.15, 0.2) is 0 Å². The number of hydrogen-bond acceptors (Lipinski definition) is 3. The van der Waals surface area contributed by atoms with Crippen molar-refractivity contribution in [3.05, 3.63) is 29.8 Å². The molecule has 2 saturated heterocycles. The van der Waals surface area contributed by atoms with E-state index in [0.29, 0.717) is 13.0 Å². The smallest absolute Gasteiger partial charge is 0.242 e. The lowest BCUT2D eigenvalue weighted by Crippen LogP contribution is -2.42. The van der Waals surface area contributed by atoms with E-state index in [1.165, 1.54) is 0 Å². The van der Waals surface area contributed by atoms with Gasteiger partial charge in [-0.15, -0.1) is 0 Å². The van der Waals surface area contributed by atoms with Crippen molar-refractivity contribution in [2.24, 2.45) is 0 Å². The predicted octanol–water partition coefficient (Wildman–Crippen LogP) is 2.76. The van der Waals surface area contributed by atoms with Gasteiger partial charge in [-0.2, -0.15) is 0 Å². The van der Waals surface area contributed by atoms with Crippen LogP contribution in [0.3, 0.4) is 0 Å². The quantitative estimate of drug-likeness (QED) is 0.853. The van der Waals surface area contributed by atoms with Crippen LogP contribution in [0.1, 0.15) is 50.1 Å². The Kier molecular flexibility index (Phi) is 5.38. The average Bonchev–Trinajstić information content (AvgIpc) is 2.87. The fourth-order valence-electron chi connectivity index (χ4n) is 3.70. The van der Waals surface area contributed by atoms with Crippen LogP contribution in [0.2, 0.25) is 0 Å². The Morgan fingerprint density at radius 1 is 1.12 bits per heavy atom. The summed E-state index contributed by atoms with van der Waals surface area (Å²) in [5.41, 5.74) is 1.15. The summed E-state index contributed by atoms with van der Waals surface area (Å²) in [7, 11) is 1.66. The number of methoxy groups -OCH3 is 1. The Hall–Kier alpha value is -2.04. The number of carbonyl (C=O) groups excluding carboxylic acids is 2. The molecule has 24 heavy (non-hydrogen) atoms. The summed E-state index contributed by atoms with van der Waals surface area (Å²) >= 11 is 0. The van der Waals surface area contributed by atoms with Crippen LogP contribution >= 0.6 is 0 Å². The van der Waals surface area contributed by atoms with Crippen molar-refractivity contribution >= 4 is 11.8 Å². The molecular formula is C19H26N2O3. The monoisotopic (exact) mass is 330 g/mol. The lowest BCUT2D eigenvalue weighted by Gasteiger charge is -2.32. The number of benzene rings is 1. The maximum absolute atomic E-state index is 12.9. The van der Waals surface area contributed by atoms with Crippen LogP contribution in [0.25, 0.3) is 0 Å². The van der Waals surface area contributed by atoms with Gasteiger partial charge < -0.3 is 14.5 Å². The van der Waals surface area contributed by atoms with Crippen LogP contribution in [0, 0.1) is 0 Å². The summed E-state index contributed by atoms with van der Waals surface area (Å²) in [5, 5.41) is 0. The second kappa shape index (κ2) is 7.69. The first-order valence-corrected chi connectivity index (χ1v) is 8.90. The van der Waals surface area contributed by atoms with Crippen LogP contribution < -0.4 is 4.74 Å². The molecule has 2 amide bonds. The summed E-state index contributed by atoms with van der Waals surface area (Å²) in [6.45, 7) is 1.72. The molecule has 0 N–H and O–H groups in total. The summed E-state index contributed by atoms with van der Waals surface area (Å²) in [6, 6.07) is 8.11. The number of rotatable bonds is 4. The zero-order chi connectivity index (χ0) is 16.9. The van der Waals surface area contributed by atoms with Gasteiger partial charge in [-0.05, 0) is 37.0 Å². The van der Waals surface area contributed by atoms with E-state index < -0.39 is 0 Å². The molecule has 1 aromatic rings. The molecule has 0 bridgehead atoms. The first-order valence-electron chi connectivity index (χ1n) is 8.90. The predicted molar refractivity (Wildman–Crippen MR) is 91.7 cm³/mol. The molecule has 0 radical (unpaired) electrons. The van der Waals surface area contributed by atoms with E-state index in [-0.39, 0.29) is 24.4 Å². The third kappa shape index (κ3) is 3.71. The second-order valence-corrected chi connectivity index (χ2v) is 6.64.